The van der Waals surface area contributed by atoms with Gasteiger partial charge in [0.25, 0.3) is 5.69 Å². The van der Waals surface area contributed by atoms with Crippen LogP contribution < -0.4 is 5.73 Å². The number of nitro benzene ring substituents is 1. The Balaban J connectivity index is 2.74. The fourth-order valence-electron chi connectivity index (χ4n) is 1.72. The van der Waals surface area contributed by atoms with Crippen molar-refractivity contribution in [3.05, 3.63) is 46.0 Å². The highest BCUT2D eigenvalue weighted by molar-refractivity contribution is 5.97. The average molecular weight is 262 g/mol. The van der Waals surface area contributed by atoms with E-state index in [9.17, 15) is 14.9 Å². The van der Waals surface area contributed by atoms with Crippen molar-refractivity contribution in [2.75, 3.05) is 5.73 Å². The number of nitrogen functional groups attached to an aromatic ring is 1. The molecule has 1 aromatic heterocycles. The number of aryl methyl sites for hydroxylation is 1. The minimum atomic E-state index is -1.32. The summed E-state index contributed by atoms with van der Waals surface area (Å²) in [5, 5.41) is 19.9. The molecule has 0 bridgehead atoms. The maximum atomic E-state index is 11.1. The summed E-state index contributed by atoms with van der Waals surface area (Å²) in [6.07, 6.45) is 3.00. The van der Waals surface area contributed by atoms with Gasteiger partial charge in [0, 0.05) is 18.0 Å². The standard InChI is InChI=1S/C11H10N4O4/c1-6-4-13-5-14(6)7-2-8(11(16)17)10(12)9(3-7)15(18)19/h2-5H,12H2,1H3,(H,16,17). The van der Waals surface area contributed by atoms with E-state index in [-0.39, 0.29) is 11.3 Å². The monoisotopic (exact) mass is 262 g/mol. The minimum Gasteiger partial charge on any atom is -0.478 e. The normalized spacial score (nSPS) is 10.4. The van der Waals surface area contributed by atoms with Crippen LogP contribution in [0, 0.1) is 17.0 Å². The van der Waals surface area contributed by atoms with Gasteiger partial charge in [0.1, 0.15) is 5.69 Å². The Morgan fingerprint density at radius 2 is 2.21 bits per heavy atom. The molecule has 0 unspecified atom stereocenters. The lowest BCUT2D eigenvalue weighted by Gasteiger charge is -2.08. The van der Waals surface area contributed by atoms with Gasteiger partial charge in [-0.25, -0.2) is 9.78 Å². The van der Waals surface area contributed by atoms with Crippen molar-refractivity contribution in [1.82, 2.24) is 9.55 Å². The Morgan fingerprint density at radius 3 is 2.68 bits per heavy atom. The van der Waals surface area contributed by atoms with Crippen LogP contribution in [0.1, 0.15) is 16.1 Å². The van der Waals surface area contributed by atoms with E-state index < -0.39 is 16.6 Å². The second-order valence-electron chi connectivity index (χ2n) is 3.89. The summed E-state index contributed by atoms with van der Waals surface area (Å²) in [4.78, 5) is 25.2. The third-order valence-electron chi connectivity index (χ3n) is 2.67. The van der Waals surface area contributed by atoms with Crippen molar-refractivity contribution < 1.29 is 14.8 Å². The highest BCUT2D eigenvalue weighted by atomic mass is 16.6. The zero-order chi connectivity index (χ0) is 14.2. The number of carbonyl (C=O) groups is 1. The molecule has 0 saturated carbocycles. The number of aromatic nitrogens is 2. The molecule has 19 heavy (non-hydrogen) atoms. The number of carboxylic acids is 1. The van der Waals surface area contributed by atoms with Crippen LogP contribution in [0.2, 0.25) is 0 Å². The third kappa shape index (κ3) is 2.10. The average Bonchev–Trinajstić information content (AvgIpc) is 2.75. The molecular formula is C11H10N4O4. The van der Waals surface area contributed by atoms with Gasteiger partial charge in [-0.2, -0.15) is 0 Å². The van der Waals surface area contributed by atoms with Crippen molar-refractivity contribution in [1.29, 1.82) is 0 Å². The van der Waals surface area contributed by atoms with Crippen molar-refractivity contribution in [3.8, 4) is 5.69 Å². The maximum Gasteiger partial charge on any atom is 0.338 e. The summed E-state index contributed by atoms with van der Waals surface area (Å²) < 4.78 is 1.54. The molecule has 0 aliphatic heterocycles. The minimum absolute atomic E-state index is 0.308. The van der Waals surface area contributed by atoms with Crippen LogP contribution in [-0.4, -0.2) is 25.6 Å². The van der Waals surface area contributed by atoms with Crippen LogP contribution in [-0.2, 0) is 0 Å². The van der Waals surface area contributed by atoms with Gasteiger partial charge < -0.3 is 15.4 Å². The van der Waals surface area contributed by atoms with Crippen LogP contribution >= 0.6 is 0 Å². The van der Waals surface area contributed by atoms with E-state index in [1.54, 1.807) is 17.7 Å². The van der Waals surface area contributed by atoms with E-state index in [4.69, 9.17) is 10.8 Å². The molecule has 0 fully saturated rings. The molecule has 1 aromatic carbocycles. The molecule has 0 radical (unpaired) electrons. The lowest BCUT2D eigenvalue weighted by molar-refractivity contribution is -0.383. The van der Waals surface area contributed by atoms with Crippen molar-refractivity contribution in [3.63, 3.8) is 0 Å². The largest absolute Gasteiger partial charge is 0.478 e. The molecule has 0 aliphatic rings. The van der Waals surface area contributed by atoms with Gasteiger partial charge in [0.05, 0.1) is 22.5 Å². The van der Waals surface area contributed by atoms with E-state index in [0.29, 0.717) is 5.69 Å². The fourth-order valence-corrected chi connectivity index (χ4v) is 1.72. The Bertz CT molecular complexity index is 642. The number of carboxylic acid groups (broad SMARTS) is 1. The van der Waals surface area contributed by atoms with Crippen LogP contribution in [0.5, 0.6) is 0 Å². The number of imidazole rings is 1. The van der Waals surface area contributed by atoms with Gasteiger partial charge in [0.15, 0.2) is 0 Å². The first-order valence-electron chi connectivity index (χ1n) is 5.22. The molecule has 8 nitrogen and oxygen atoms in total. The summed E-state index contributed by atoms with van der Waals surface area (Å²) in [5.74, 6) is -1.32. The Morgan fingerprint density at radius 1 is 1.53 bits per heavy atom. The molecule has 0 spiro atoms. The molecule has 0 saturated heterocycles. The van der Waals surface area contributed by atoms with Crippen LogP contribution in [0.3, 0.4) is 0 Å². The predicted octanol–water partition coefficient (Wildman–Crippen LogP) is 1.37. The Labute approximate surface area is 107 Å². The van der Waals surface area contributed by atoms with E-state index in [2.05, 4.69) is 4.98 Å². The highest BCUT2D eigenvalue weighted by Gasteiger charge is 2.21. The zero-order valence-electron chi connectivity index (χ0n) is 9.90. The molecule has 8 heteroatoms. The Hall–Kier alpha value is -2.90. The molecule has 3 N–H and O–H groups in total. The Kier molecular flexibility index (Phi) is 2.91. The summed E-state index contributed by atoms with van der Waals surface area (Å²) in [7, 11) is 0. The lowest BCUT2D eigenvalue weighted by Crippen LogP contribution is -2.08. The molecule has 2 aromatic rings. The lowest BCUT2D eigenvalue weighted by atomic mass is 10.1. The number of aromatic carboxylic acids is 1. The number of nitrogens with two attached hydrogens (primary N) is 1. The molecule has 0 aliphatic carbocycles. The summed E-state index contributed by atoms with van der Waals surface area (Å²) in [6, 6.07) is 2.50. The summed E-state index contributed by atoms with van der Waals surface area (Å²) in [5.41, 5.74) is 5.43. The van der Waals surface area contributed by atoms with Crippen LogP contribution in [0.4, 0.5) is 11.4 Å². The van der Waals surface area contributed by atoms with Gasteiger partial charge in [-0.05, 0) is 13.0 Å². The van der Waals surface area contributed by atoms with Crippen molar-refractivity contribution in [2.24, 2.45) is 0 Å². The van der Waals surface area contributed by atoms with Crippen LogP contribution in [0.15, 0.2) is 24.7 Å². The van der Waals surface area contributed by atoms with E-state index >= 15 is 0 Å². The summed E-state index contributed by atoms with van der Waals surface area (Å²) in [6.45, 7) is 1.75. The first-order valence-corrected chi connectivity index (χ1v) is 5.22. The van der Waals surface area contributed by atoms with E-state index in [1.165, 1.54) is 18.5 Å². The number of hydrogen-bond acceptors (Lipinski definition) is 5. The number of anilines is 1. The zero-order valence-corrected chi connectivity index (χ0v) is 9.90. The quantitative estimate of drug-likeness (QED) is 0.489. The van der Waals surface area contributed by atoms with E-state index in [0.717, 1.165) is 5.69 Å². The molecule has 0 atom stereocenters. The molecule has 98 valence electrons. The smallest absolute Gasteiger partial charge is 0.338 e. The highest BCUT2D eigenvalue weighted by Crippen LogP contribution is 2.29. The van der Waals surface area contributed by atoms with Crippen molar-refractivity contribution in [2.45, 2.75) is 6.92 Å². The first-order chi connectivity index (χ1) is 8.91. The molecule has 2 rings (SSSR count). The van der Waals surface area contributed by atoms with E-state index in [1.807, 2.05) is 0 Å². The molecule has 1 heterocycles. The number of rotatable bonds is 3. The van der Waals surface area contributed by atoms with Gasteiger partial charge in [-0.1, -0.05) is 0 Å². The molecular weight excluding hydrogens is 252 g/mol. The number of nitrogens with zero attached hydrogens (tertiary/aromatic N) is 3. The second-order valence-corrected chi connectivity index (χ2v) is 3.89. The number of nitro groups is 1. The van der Waals surface area contributed by atoms with Crippen molar-refractivity contribution >= 4 is 17.3 Å². The number of benzene rings is 1. The van der Waals surface area contributed by atoms with Gasteiger partial charge in [-0.3, -0.25) is 10.1 Å². The van der Waals surface area contributed by atoms with Gasteiger partial charge >= 0.3 is 5.97 Å². The third-order valence-corrected chi connectivity index (χ3v) is 2.67. The topological polar surface area (TPSA) is 124 Å². The van der Waals surface area contributed by atoms with Gasteiger partial charge in [-0.15, -0.1) is 0 Å². The maximum absolute atomic E-state index is 11.1. The number of hydrogen-bond donors (Lipinski definition) is 2. The van der Waals surface area contributed by atoms with Gasteiger partial charge in [0.2, 0.25) is 0 Å². The van der Waals surface area contributed by atoms with Crippen LogP contribution in [0.25, 0.3) is 5.69 Å². The molecule has 0 amide bonds. The fraction of sp³-hybridized carbons (Fsp3) is 0.0909. The summed E-state index contributed by atoms with van der Waals surface area (Å²) >= 11 is 0. The first kappa shape index (κ1) is 12.6. The predicted molar refractivity (Wildman–Crippen MR) is 66.3 cm³/mol. The SMILES string of the molecule is Cc1cncn1-c1cc(C(=O)O)c(N)c([N+](=O)[O-])c1. The second kappa shape index (κ2) is 4.41.